The van der Waals surface area contributed by atoms with Gasteiger partial charge in [-0.05, 0) is 106 Å². The van der Waals surface area contributed by atoms with Crippen LogP contribution in [-0.2, 0) is 29.0 Å². The largest absolute Gasteiger partial charge is 0.435 e. The Labute approximate surface area is 340 Å². The lowest BCUT2D eigenvalue weighted by Crippen LogP contribution is -2.27. The molecule has 300 valence electrons. The molecule has 7 aromatic rings. The SMILES string of the molecule is C1=CNc2ccccc2N=C1.Nc1noc2ccc(-n3nc(C(F)(F)F)cc3C(=O)C3=c4ccc5c(c4CCC3)CC=c3c(-c4ccccc4S(N)(=O)=O)cccc3=5)cc12. The number of hydrogen-bond acceptors (Lipinski definition) is 9. The molecule has 5 N–H and O–H groups in total. The summed E-state index contributed by atoms with van der Waals surface area (Å²) in [6.45, 7) is 0. The quantitative estimate of drug-likeness (QED) is 0.152. The zero-order chi connectivity index (χ0) is 41.8. The molecule has 0 atom stereocenters. The van der Waals surface area contributed by atoms with Crippen molar-refractivity contribution in [3.63, 3.8) is 0 Å². The number of nitrogen functional groups attached to an aromatic ring is 1. The van der Waals surface area contributed by atoms with Gasteiger partial charge in [-0.25, -0.2) is 18.2 Å². The Hall–Kier alpha value is -7.10. The Morgan fingerprint density at radius 3 is 2.47 bits per heavy atom. The molecule has 11 nitrogen and oxygen atoms in total. The summed E-state index contributed by atoms with van der Waals surface area (Å²) in [5.41, 5.74) is 10.7. The number of primary sulfonamides is 1. The Bertz CT molecular complexity index is 3320. The van der Waals surface area contributed by atoms with Gasteiger partial charge in [-0.2, -0.15) is 18.3 Å². The summed E-state index contributed by atoms with van der Waals surface area (Å²) in [5.74, 6) is -0.489. The van der Waals surface area contributed by atoms with E-state index in [-0.39, 0.29) is 22.1 Å². The maximum atomic E-state index is 14.3. The van der Waals surface area contributed by atoms with Crippen molar-refractivity contribution in [3.8, 4) is 16.8 Å². The summed E-state index contributed by atoms with van der Waals surface area (Å²) in [6.07, 6.45) is 4.98. The number of hydrogen-bond donors (Lipinski definition) is 3. The average molecular weight is 826 g/mol. The van der Waals surface area contributed by atoms with Crippen LogP contribution in [0.25, 0.3) is 39.4 Å². The van der Waals surface area contributed by atoms with Crippen LogP contribution in [0.2, 0.25) is 0 Å². The van der Waals surface area contributed by atoms with Crippen molar-refractivity contribution in [2.75, 3.05) is 11.1 Å². The fourth-order valence-electron chi connectivity index (χ4n) is 8.08. The van der Waals surface area contributed by atoms with E-state index in [9.17, 15) is 26.4 Å². The van der Waals surface area contributed by atoms with Gasteiger partial charge < -0.3 is 15.6 Å². The van der Waals surface area contributed by atoms with Gasteiger partial charge in [0.05, 0.1) is 27.3 Å². The number of benzene rings is 5. The molecule has 0 fully saturated rings. The van der Waals surface area contributed by atoms with Crippen molar-refractivity contribution in [3.05, 3.63) is 159 Å². The topological polar surface area (TPSA) is 171 Å². The highest BCUT2D eigenvalue weighted by Crippen LogP contribution is 2.33. The van der Waals surface area contributed by atoms with E-state index < -0.39 is 27.7 Å². The van der Waals surface area contributed by atoms with Gasteiger partial charge in [0.15, 0.2) is 17.1 Å². The second kappa shape index (κ2) is 14.9. The zero-order valence-corrected chi connectivity index (χ0v) is 32.4. The molecule has 3 aliphatic rings. The molecule has 0 amide bonds. The summed E-state index contributed by atoms with van der Waals surface area (Å²) in [6, 6.07) is 29.3. The van der Waals surface area contributed by atoms with Gasteiger partial charge in [-0.3, -0.25) is 9.79 Å². The van der Waals surface area contributed by atoms with Gasteiger partial charge in [0.1, 0.15) is 5.69 Å². The number of nitrogens with two attached hydrogens (primary N) is 2. The highest BCUT2D eigenvalue weighted by Gasteiger charge is 2.37. The monoisotopic (exact) mass is 825 g/mol. The molecular formula is C45H34F3N7O4S. The van der Waals surface area contributed by atoms with Crippen molar-refractivity contribution in [1.29, 1.82) is 0 Å². The number of allylic oxidation sites excluding steroid dienone is 1. The van der Waals surface area contributed by atoms with Gasteiger partial charge in [0.2, 0.25) is 15.8 Å². The summed E-state index contributed by atoms with van der Waals surface area (Å²) in [4.78, 5) is 18.5. The third-order valence-corrected chi connectivity index (χ3v) is 11.7. The first-order valence-electron chi connectivity index (χ1n) is 18.9. The van der Waals surface area contributed by atoms with Crippen LogP contribution in [0.4, 0.5) is 30.4 Å². The fourth-order valence-corrected chi connectivity index (χ4v) is 8.83. The number of Topliss-reactive ketones (excluding diaryl/α,β-unsaturated/α-hetero) is 1. The van der Waals surface area contributed by atoms with Gasteiger partial charge >= 0.3 is 6.18 Å². The number of aromatic nitrogens is 3. The van der Waals surface area contributed by atoms with E-state index >= 15 is 0 Å². The van der Waals surface area contributed by atoms with Crippen LogP contribution in [0.1, 0.15) is 40.2 Å². The lowest BCUT2D eigenvalue weighted by molar-refractivity contribution is -0.141. The van der Waals surface area contributed by atoms with Crippen molar-refractivity contribution in [2.24, 2.45) is 10.1 Å². The lowest BCUT2D eigenvalue weighted by atomic mass is 9.83. The van der Waals surface area contributed by atoms with Crippen LogP contribution in [0.15, 0.2) is 130 Å². The molecule has 0 unspecified atom stereocenters. The minimum absolute atomic E-state index is 0.0311. The molecule has 0 saturated carbocycles. The van der Waals surface area contributed by atoms with E-state index in [2.05, 4.69) is 20.6 Å². The molecular weight excluding hydrogens is 792 g/mol. The minimum atomic E-state index is -4.79. The second-order valence-corrected chi connectivity index (χ2v) is 15.9. The zero-order valence-electron chi connectivity index (χ0n) is 31.6. The highest BCUT2D eigenvalue weighted by molar-refractivity contribution is 7.89. The maximum Gasteiger partial charge on any atom is 0.435 e. The van der Waals surface area contributed by atoms with Gasteiger partial charge in [0, 0.05) is 29.6 Å². The van der Waals surface area contributed by atoms with Crippen LogP contribution < -0.4 is 26.6 Å². The Balaban J connectivity index is 0.000000363. The van der Waals surface area contributed by atoms with Gasteiger partial charge in [-0.15, -0.1) is 0 Å². The summed E-state index contributed by atoms with van der Waals surface area (Å²) in [7, 11) is -3.98. The molecule has 0 radical (unpaired) electrons. The third-order valence-electron chi connectivity index (χ3n) is 10.8. The number of nitrogens with zero attached hydrogens (tertiary/aromatic N) is 4. The maximum absolute atomic E-state index is 14.3. The number of para-hydroxylation sites is 2. The van der Waals surface area contributed by atoms with E-state index in [1.807, 2.05) is 72.9 Å². The number of fused-ring (bicyclic) bond motifs is 6. The predicted octanol–water partition coefficient (Wildman–Crippen LogP) is 7.25. The van der Waals surface area contributed by atoms with E-state index in [4.69, 9.17) is 15.4 Å². The average Bonchev–Trinajstić information content (AvgIpc) is 3.79. The van der Waals surface area contributed by atoms with E-state index in [0.717, 1.165) is 54.5 Å². The highest BCUT2D eigenvalue weighted by atomic mass is 32.2. The molecule has 3 heterocycles. The van der Waals surface area contributed by atoms with E-state index in [1.54, 1.807) is 24.4 Å². The molecule has 60 heavy (non-hydrogen) atoms. The molecule has 10 rings (SSSR count). The van der Waals surface area contributed by atoms with Crippen molar-refractivity contribution >= 4 is 61.8 Å². The second-order valence-electron chi connectivity index (χ2n) is 14.4. The molecule has 15 heteroatoms. The predicted molar refractivity (Wildman–Crippen MR) is 223 cm³/mol. The summed E-state index contributed by atoms with van der Waals surface area (Å²) in [5, 5.41) is 20.0. The number of carbonyl (C=O) groups excluding carboxylic acids is 1. The number of rotatable bonds is 5. The van der Waals surface area contributed by atoms with Gasteiger partial charge in [0.25, 0.3) is 0 Å². The normalized spacial score (nSPS) is 14.1. The first kappa shape index (κ1) is 38.4. The number of carbonyl (C=O) groups is 1. The summed E-state index contributed by atoms with van der Waals surface area (Å²) < 4.78 is 72.8. The van der Waals surface area contributed by atoms with Crippen LogP contribution >= 0.6 is 0 Å². The number of alkyl halides is 3. The number of aliphatic imine (C=N–C) groups is 1. The molecule has 2 aliphatic carbocycles. The molecule has 0 spiro atoms. The van der Waals surface area contributed by atoms with Crippen LogP contribution in [-0.4, -0.2) is 35.4 Å². The van der Waals surface area contributed by atoms with Gasteiger partial charge in [-0.1, -0.05) is 71.9 Å². The van der Waals surface area contributed by atoms with Crippen molar-refractivity contribution in [2.45, 2.75) is 36.8 Å². The third kappa shape index (κ3) is 6.96. The molecule has 2 aromatic heterocycles. The Morgan fingerprint density at radius 2 is 1.63 bits per heavy atom. The lowest BCUT2D eigenvalue weighted by Gasteiger charge is -2.21. The fraction of sp³-hybridized carbons (Fsp3) is 0.111. The van der Waals surface area contributed by atoms with E-state index in [1.165, 1.54) is 24.3 Å². The Morgan fingerprint density at radius 1 is 0.850 bits per heavy atom. The molecule has 5 aromatic carbocycles. The smallest absolute Gasteiger partial charge is 0.380 e. The molecule has 0 bridgehead atoms. The van der Waals surface area contributed by atoms with E-state index in [0.29, 0.717) is 53.0 Å². The number of nitrogens with one attached hydrogen (secondary N) is 1. The molecule has 0 saturated heterocycles. The first-order chi connectivity index (χ1) is 28.9. The van der Waals surface area contributed by atoms with Crippen molar-refractivity contribution in [1.82, 2.24) is 14.9 Å². The first-order valence-corrected chi connectivity index (χ1v) is 20.4. The van der Waals surface area contributed by atoms with Crippen molar-refractivity contribution < 1.29 is 30.9 Å². The van der Waals surface area contributed by atoms with Crippen LogP contribution in [0.5, 0.6) is 0 Å². The number of ketones is 1. The standard InChI is InChI=1S/C36H26F3N5O4S.C9H8N2/c37-36(38,39)33-18-30(44(42-33)19-11-16-31-29(17-19)35(40)43-48-31)34(45)28-9-4-7-21-25-13-12-23-20(24(25)14-15-26(21)28)6-3-8-22(23)27-5-1-2-10-32(27)49(41,46)47;1-2-5-9-8(4-1)10-6-3-7-11-9/h1-3,5-6,8,10-12,14-18H,4,7,9,13H2,(H2,40,43)(H2,41,46,47);1-7,10H. The number of halogens is 3. The number of anilines is 2. The number of sulfonamides is 1. The summed E-state index contributed by atoms with van der Waals surface area (Å²) >= 11 is 0. The van der Waals surface area contributed by atoms with Crippen LogP contribution in [0, 0.1) is 10.4 Å². The van der Waals surface area contributed by atoms with Crippen LogP contribution in [0.3, 0.4) is 0 Å². The molecule has 1 aliphatic heterocycles. The minimum Gasteiger partial charge on any atom is -0.380 e. The Kier molecular flexibility index (Phi) is 9.56.